The summed E-state index contributed by atoms with van der Waals surface area (Å²) in [6.45, 7) is 2.73. The predicted molar refractivity (Wildman–Crippen MR) is 98.9 cm³/mol. The number of hydrogen-bond donors (Lipinski definition) is 0. The lowest BCUT2D eigenvalue weighted by Crippen LogP contribution is -2.41. The lowest BCUT2D eigenvalue weighted by Gasteiger charge is -2.29. The molecule has 0 amide bonds. The Morgan fingerprint density at radius 3 is 2.29 bits per heavy atom. The van der Waals surface area contributed by atoms with Crippen molar-refractivity contribution in [3.63, 3.8) is 0 Å². The molecule has 2 aromatic rings. The first kappa shape index (κ1) is 21.8. The maximum atomic E-state index is 12.9. The van der Waals surface area contributed by atoms with Crippen LogP contribution in [0.5, 0.6) is 11.5 Å². The Balaban J connectivity index is 1.93. The van der Waals surface area contributed by atoms with Crippen LogP contribution < -0.4 is 4.74 Å². The second-order valence-electron chi connectivity index (χ2n) is 6.85. The average Bonchev–Trinajstić information content (AvgIpc) is 2.64. The average molecular weight is 437 g/mol. The monoisotopic (exact) mass is 437 g/mol. The minimum Gasteiger partial charge on any atom is -0.450 e. The zero-order chi connectivity index (χ0) is 23.0. The molecule has 8 nitrogen and oxygen atoms in total. The number of carbonyl (C=O) groups is 2. The normalized spacial score (nSPS) is 15.7. The van der Waals surface area contributed by atoms with Crippen molar-refractivity contribution in [3.05, 3.63) is 69.3 Å². The lowest BCUT2D eigenvalue weighted by molar-refractivity contribution is -0.385. The number of nitrogens with zero attached hydrogens (tertiary/aromatic N) is 1. The molecule has 2 aromatic carbocycles. The first-order chi connectivity index (χ1) is 14.4. The van der Waals surface area contributed by atoms with E-state index in [2.05, 4.69) is 0 Å². The smallest absolute Gasteiger partial charge is 0.416 e. The van der Waals surface area contributed by atoms with Crippen molar-refractivity contribution in [1.82, 2.24) is 0 Å². The first-order valence-corrected chi connectivity index (χ1v) is 8.68. The van der Waals surface area contributed by atoms with Crippen LogP contribution in [0.15, 0.2) is 48.0 Å². The van der Waals surface area contributed by atoms with Crippen molar-refractivity contribution in [2.24, 2.45) is 0 Å². The summed E-state index contributed by atoms with van der Waals surface area (Å²) in [5.41, 5.74) is -1.97. The van der Waals surface area contributed by atoms with Gasteiger partial charge in [-0.1, -0.05) is 12.1 Å². The van der Waals surface area contributed by atoms with Gasteiger partial charge in [0.15, 0.2) is 0 Å². The minimum absolute atomic E-state index is 0.0756. The van der Waals surface area contributed by atoms with Crippen molar-refractivity contribution in [1.29, 1.82) is 0 Å². The van der Waals surface area contributed by atoms with Crippen LogP contribution in [0.1, 0.15) is 25.0 Å². The molecular formula is C20H14F3NO7. The molecule has 0 saturated carbocycles. The number of carbonyl (C=O) groups excluding carboxylic acids is 2. The number of nitro groups is 1. The molecule has 0 radical (unpaired) electrons. The topological polar surface area (TPSA) is 105 Å². The van der Waals surface area contributed by atoms with Crippen molar-refractivity contribution in [3.8, 4) is 11.5 Å². The molecule has 31 heavy (non-hydrogen) atoms. The van der Waals surface area contributed by atoms with Gasteiger partial charge < -0.3 is 14.2 Å². The molecule has 0 aliphatic carbocycles. The van der Waals surface area contributed by atoms with Gasteiger partial charge in [-0.05, 0) is 35.9 Å². The van der Waals surface area contributed by atoms with Gasteiger partial charge in [-0.25, -0.2) is 9.59 Å². The van der Waals surface area contributed by atoms with Crippen LogP contribution in [0.2, 0.25) is 0 Å². The summed E-state index contributed by atoms with van der Waals surface area (Å²) >= 11 is 0. The summed E-state index contributed by atoms with van der Waals surface area (Å²) < 4.78 is 53.7. The summed E-state index contributed by atoms with van der Waals surface area (Å²) in [7, 11) is 0. The molecule has 1 aliphatic heterocycles. The molecule has 1 fully saturated rings. The molecule has 1 aliphatic rings. The quantitative estimate of drug-likeness (QED) is 0.226. The van der Waals surface area contributed by atoms with Gasteiger partial charge >= 0.3 is 23.8 Å². The van der Waals surface area contributed by atoms with Crippen LogP contribution in [0.25, 0.3) is 6.08 Å². The van der Waals surface area contributed by atoms with Crippen LogP contribution in [0, 0.1) is 10.1 Å². The third kappa shape index (κ3) is 5.00. The van der Waals surface area contributed by atoms with E-state index in [0.717, 1.165) is 30.3 Å². The molecule has 1 heterocycles. The van der Waals surface area contributed by atoms with Gasteiger partial charge in [0.05, 0.1) is 10.5 Å². The predicted octanol–water partition coefficient (Wildman–Crippen LogP) is 4.63. The minimum atomic E-state index is -4.61. The molecule has 0 atom stereocenters. The van der Waals surface area contributed by atoms with E-state index in [1.807, 2.05) is 0 Å². The Morgan fingerprint density at radius 2 is 1.71 bits per heavy atom. The number of ether oxygens (including phenoxy) is 3. The summed E-state index contributed by atoms with van der Waals surface area (Å²) in [6.07, 6.45) is -3.57. The van der Waals surface area contributed by atoms with E-state index in [4.69, 9.17) is 14.2 Å². The number of cyclic esters (lactones) is 2. The molecule has 3 rings (SSSR count). The standard InChI is InChI=1S/C20H14F3NO7/c1-19(2)30-17(25)14(18(26)31-19)8-11-6-7-16(15(9-11)24(27)28)29-13-5-3-4-12(10-13)20(21,22)23/h3-10H,1-2H3. The van der Waals surface area contributed by atoms with E-state index < -0.39 is 45.6 Å². The van der Waals surface area contributed by atoms with Crippen molar-refractivity contribution >= 4 is 23.7 Å². The SMILES string of the molecule is CC1(C)OC(=O)C(=Cc2ccc(Oc3cccc(C(F)(F)F)c3)c([N+](=O)[O-])c2)C(=O)O1. The zero-order valence-electron chi connectivity index (χ0n) is 16.1. The molecule has 11 heteroatoms. The molecule has 0 spiro atoms. The summed E-state index contributed by atoms with van der Waals surface area (Å²) in [4.78, 5) is 34.7. The Bertz CT molecular complexity index is 1080. The number of esters is 2. The van der Waals surface area contributed by atoms with E-state index in [9.17, 15) is 32.9 Å². The van der Waals surface area contributed by atoms with Gasteiger partial charge in [0.25, 0.3) is 5.79 Å². The highest BCUT2D eigenvalue weighted by Crippen LogP contribution is 2.36. The molecule has 0 unspecified atom stereocenters. The summed E-state index contributed by atoms with van der Waals surface area (Å²) in [6, 6.07) is 7.26. The van der Waals surface area contributed by atoms with Gasteiger partial charge in [-0.3, -0.25) is 10.1 Å². The molecule has 0 bridgehead atoms. The number of rotatable bonds is 4. The first-order valence-electron chi connectivity index (χ1n) is 8.68. The third-order valence-electron chi connectivity index (χ3n) is 4.00. The fourth-order valence-corrected chi connectivity index (χ4v) is 2.66. The maximum Gasteiger partial charge on any atom is 0.416 e. The zero-order valence-corrected chi connectivity index (χ0v) is 16.1. The highest BCUT2D eigenvalue weighted by molar-refractivity contribution is 6.18. The largest absolute Gasteiger partial charge is 0.450 e. The summed E-state index contributed by atoms with van der Waals surface area (Å²) in [5.74, 6) is -3.96. The molecule has 0 N–H and O–H groups in total. The molecule has 1 saturated heterocycles. The molecular weight excluding hydrogens is 423 g/mol. The Labute approximate surface area is 173 Å². The van der Waals surface area contributed by atoms with E-state index in [1.165, 1.54) is 26.0 Å². The van der Waals surface area contributed by atoms with Crippen LogP contribution in [-0.4, -0.2) is 22.6 Å². The van der Waals surface area contributed by atoms with E-state index in [-0.39, 0.29) is 17.1 Å². The molecule has 162 valence electrons. The van der Waals surface area contributed by atoms with Gasteiger partial charge in [-0.15, -0.1) is 0 Å². The number of benzene rings is 2. The van der Waals surface area contributed by atoms with Crippen LogP contribution in [-0.2, 0) is 25.2 Å². The number of alkyl halides is 3. The fraction of sp³-hybridized carbons (Fsp3) is 0.200. The van der Waals surface area contributed by atoms with Crippen molar-refractivity contribution < 1.29 is 41.9 Å². The Kier molecular flexibility index (Phi) is 5.45. The number of hydrogen-bond acceptors (Lipinski definition) is 7. The van der Waals surface area contributed by atoms with E-state index in [1.54, 1.807) is 0 Å². The van der Waals surface area contributed by atoms with Crippen molar-refractivity contribution in [2.75, 3.05) is 0 Å². The van der Waals surface area contributed by atoms with E-state index in [0.29, 0.717) is 6.07 Å². The lowest BCUT2D eigenvalue weighted by atomic mass is 10.1. The summed E-state index contributed by atoms with van der Waals surface area (Å²) in [5, 5.41) is 11.4. The van der Waals surface area contributed by atoms with Gasteiger partial charge in [0.1, 0.15) is 11.3 Å². The fourth-order valence-electron chi connectivity index (χ4n) is 2.66. The molecule has 0 aromatic heterocycles. The number of nitro benzene ring substituents is 1. The van der Waals surface area contributed by atoms with E-state index >= 15 is 0 Å². The maximum absolute atomic E-state index is 12.9. The Morgan fingerprint density at radius 1 is 1.06 bits per heavy atom. The van der Waals surface area contributed by atoms with Crippen LogP contribution >= 0.6 is 0 Å². The van der Waals surface area contributed by atoms with Crippen LogP contribution in [0.3, 0.4) is 0 Å². The van der Waals surface area contributed by atoms with Gasteiger partial charge in [0.2, 0.25) is 5.75 Å². The van der Waals surface area contributed by atoms with Gasteiger partial charge in [-0.2, -0.15) is 13.2 Å². The van der Waals surface area contributed by atoms with Crippen molar-refractivity contribution in [2.45, 2.75) is 25.8 Å². The van der Waals surface area contributed by atoms with Crippen LogP contribution in [0.4, 0.5) is 18.9 Å². The second-order valence-corrected chi connectivity index (χ2v) is 6.85. The highest BCUT2D eigenvalue weighted by Gasteiger charge is 2.39. The van der Waals surface area contributed by atoms with Gasteiger partial charge in [0, 0.05) is 19.9 Å². The highest BCUT2D eigenvalue weighted by atomic mass is 19.4. The third-order valence-corrected chi connectivity index (χ3v) is 4.00. The second kappa shape index (κ2) is 7.74. The Hall–Kier alpha value is -3.89. The number of halogens is 3.